The molecule has 0 aliphatic rings. The van der Waals surface area contributed by atoms with Crippen molar-refractivity contribution in [1.82, 2.24) is 4.90 Å². The van der Waals surface area contributed by atoms with Crippen LogP contribution in [0.3, 0.4) is 0 Å². The van der Waals surface area contributed by atoms with Crippen molar-refractivity contribution in [2.24, 2.45) is 5.73 Å². The van der Waals surface area contributed by atoms with Crippen molar-refractivity contribution in [3.8, 4) is 11.5 Å². The Labute approximate surface area is 257 Å². The van der Waals surface area contributed by atoms with Gasteiger partial charge in [-0.15, -0.1) is 11.3 Å². The van der Waals surface area contributed by atoms with Gasteiger partial charge in [0.05, 0.1) is 0 Å². The topological polar surface area (TPSA) is 85.0 Å². The number of benzene rings is 4. The van der Waals surface area contributed by atoms with Crippen molar-refractivity contribution in [2.75, 3.05) is 6.54 Å². The maximum Gasteiger partial charge on any atom is 0.320 e. The summed E-state index contributed by atoms with van der Waals surface area (Å²) in [5.41, 5.74) is 12.6. The molecule has 1 heterocycles. The molecule has 5 rings (SSSR count). The van der Waals surface area contributed by atoms with E-state index in [1.54, 1.807) is 11.3 Å². The lowest BCUT2D eigenvalue weighted by atomic mass is 10.1. The van der Waals surface area contributed by atoms with Gasteiger partial charge < -0.3 is 20.3 Å². The molecule has 0 aliphatic heterocycles. The summed E-state index contributed by atoms with van der Waals surface area (Å²) >= 11 is 1.69. The summed E-state index contributed by atoms with van der Waals surface area (Å²) < 4.78 is 13.9. The Morgan fingerprint density at radius 1 is 0.814 bits per heavy atom. The van der Waals surface area contributed by atoms with E-state index in [2.05, 4.69) is 84.8 Å². The van der Waals surface area contributed by atoms with Crippen molar-refractivity contribution in [2.45, 2.75) is 52.6 Å². The number of hydrogen-bond acceptors (Lipinski definition) is 6. The van der Waals surface area contributed by atoms with E-state index >= 15 is 0 Å². The number of rotatable bonds is 14. The third-order valence-corrected chi connectivity index (χ3v) is 8.30. The molecule has 1 atom stereocenters. The number of aliphatic carboxylic acids is 1. The van der Waals surface area contributed by atoms with Crippen LogP contribution in [0, 0.1) is 13.8 Å². The van der Waals surface area contributed by atoms with Gasteiger partial charge in [-0.25, -0.2) is 0 Å². The molecule has 1 aromatic heterocycles. The Morgan fingerprint density at radius 3 is 2.14 bits per heavy atom. The Kier molecular flexibility index (Phi) is 10.1. The SMILES string of the molecule is Cc1cccc(COc2ccccc2CN(CC[C@H](N)C(=O)O)Cc2cc3ccsc3cc2OCc2cccc(C)c2)c1. The van der Waals surface area contributed by atoms with Gasteiger partial charge in [-0.05, 0) is 66.4 Å². The molecule has 43 heavy (non-hydrogen) atoms. The number of para-hydroxylation sites is 1. The molecule has 3 N–H and O–H groups in total. The number of hydrogen-bond donors (Lipinski definition) is 2. The minimum absolute atomic E-state index is 0.321. The van der Waals surface area contributed by atoms with Gasteiger partial charge in [0.15, 0.2) is 0 Å². The number of fused-ring (bicyclic) bond motifs is 1. The van der Waals surface area contributed by atoms with E-state index in [0.29, 0.717) is 39.3 Å². The number of nitrogens with two attached hydrogens (primary N) is 1. The van der Waals surface area contributed by atoms with E-state index in [4.69, 9.17) is 15.2 Å². The largest absolute Gasteiger partial charge is 0.489 e. The fraction of sp³-hybridized carbons (Fsp3) is 0.250. The number of ether oxygens (including phenoxy) is 2. The molecule has 0 amide bonds. The third kappa shape index (κ3) is 8.45. The number of carbonyl (C=O) groups is 1. The molecule has 0 spiro atoms. The summed E-state index contributed by atoms with van der Waals surface area (Å²) in [4.78, 5) is 13.8. The lowest BCUT2D eigenvalue weighted by molar-refractivity contribution is -0.138. The van der Waals surface area contributed by atoms with Crippen LogP contribution in [0.2, 0.25) is 0 Å². The molecule has 0 fully saturated rings. The monoisotopic (exact) mass is 594 g/mol. The first-order valence-electron chi connectivity index (χ1n) is 14.5. The summed E-state index contributed by atoms with van der Waals surface area (Å²) in [6.07, 6.45) is 0.321. The molecule has 4 aromatic carbocycles. The second kappa shape index (κ2) is 14.3. The maximum atomic E-state index is 11.6. The summed E-state index contributed by atoms with van der Waals surface area (Å²) in [5.74, 6) is 0.637. The van der Waals surface area contributed by atoms with Crippen LogP contribution in [0.5, 0.6) is 11.5 Å². The van der Waals surface area contributed by atoms with Gasteiger partial charge in [-0.2, -0.15) is 0 Å². The van der Waals surface area contributed by atoms with E-state index in [-0.39, 0.29) is 0 Å². The van der Waals surface area contributed by atoms with Crippen LogP contribution >= 0.6 is 11.3 Å². The van der Waals surface area contributed by atoms with E-state index in [9.17, 15) is 9.90 Å². The van der Waals surface area contributed by atoms with Crippen molar-refractivity contribution in [3.63, 3.8) is 0 Å². The van der Waals surface area contributed by atoms with Crippen molar-refractivity contribution in [1.29, 1.82) is 0 Å². The summed E-state index contributed by atoms with van der Waals surface area (Å²) in [6.45, 7) is 6.71. The van der Waals surface area contributed by atoms with Gasteiger partial charge in [0, 0.05) is 35.5 Å². The minimum atomic E-state index is -0.997. The van der Waals surface area contributed by atoms with Gasteiger partial charge in [0.25, 0.3) is 0 Å². The number of carboxylic acids is 1. The molecule has 7 heteroatoms. The average Bonchev–Trinajstić information content (AvgIpc) is 3.45. The lowest BCUT2D eigenvalue weighted by Gasteiger charge is -2.26. The smallest absolute Gasteiger partial charge is 0.320 e. The van der Waals surface area contributed by atoms with Gasteiger partial charge in [0.1, 0.15) is 30.8 Å². The highest BCUT2D eigenvalue weighted by molar-refractivity contribution is 7.17. The first kappa shape index (κ1) is 30.3. The van der Waals surface area contributed by atoms with Gasteiger partial charge in [-0.1, -0.05) is 77.9 Å². The van der Waals surface area contributed by atoms with Gasteiger partial charge >= 0.3 is 5.97 Å². The molecular formula is C36H38N2O4S. The number of carboxylic acid groups (broad SMARTS) is 1. The standard InChI is InChI=1S/C36H38N2O4S/c1-25-7-5-9-27(17-25)23-41-33-12-4-3-11-30(33)21-38(15-13-32(37)36(39)40)22-31-19-29-14-16-43-35(29)20-34(31)42-24-28-10-6-8-26(2)18-28/h3-12,14,16-20,32H,13,15,21-24,37H2,1-2H3,(H,39,40)/t32-/m0/s1. The predicted molar refractivity (Wildman–Crippen MR) is 174 cm³/mol. The van der Waals surface area contributed by atoms with Crippen molar-refractivity contribution < 1.29 is 19.4 Å². The summed E-state index contributed by atoms with van der Waals surface area (Å²) in [6, 6.07) is 30.1. The zero-order valence-electron chi connectivity index (χ0n) is 24.7. The highest BCUT2D eigenvalue weighted by Gasteiger charge is 2.18. The van der Waals surface area contributed by atoms with Crippen molar-refractivity contribution in [3.05, 3.63) is 130 Å². The number of thiophene rings is 1. The molecule has 0 radical (unpaired) electrons. The quantitative estimate of drug-likeness (QED) is 0.139. The minimum Gasteiger partial charge on any atom is -0.489 e. The summed E-state index contributed by atoms with van der Waals surface area (Å²) in [5, 5.41) is 12.7. The zero-order valence-corrected chi connectivity index (χ0v) is 25.5. The fourth-order valence-corrected chi connectivity index (χ4v) is 5.94. The van der Waals surface area contributed by atoms with Crippen molar-refractivity contribution >= 4 is 27.4 Å². The molecular weight excluding hydrogens is 556 g/mol. The van der Waals surface area contributed by atoms with Crippen LogP contribution in [-0.4, -0.2) is 28.6 Å². The van der Waals surface area contributed by atoms with Crippen LogP contribution < -0.4 is 15.2 Å². The maximum absolute atomic E-state index is 11.6. The number of nitrogens with zero attached hydrogens (tertiary/aromatic N) is 1. The van der Waals surface area contributed by atoms with Crippen LogP contribution in [0.15, 0.2) is 96.4 Å². The molecule has 5 aromatic rings. The highest BCUT2D eigenvalue weighted by atomic mass is 32.1. The Bertz CT molecular complexity index is 1680. The normalized spacial score (nSPS) is 12.0. The fourth-order valence-electron chi connectivity index (χ4n) is 5.14. The molecule has 6 nitrogen and oxygen atoms in total. The molecule has 0 bridgehead atoms. The third-order valence-electron chi connectivity index (χ3n) is 7.42. The van der Waals surface area contributed by atoms with E-state index in [1.807, 2.05) is 30.3 Å². The predicted octanol–water partition coefficient (Wildman–Crippen LogP) is 7.48. The van der Waals surface area contributed by atoms with E-state index < -0.39 is 12.0 Å². The first-order valence-corrected chi connectivity index (χ1v) is 15.4. The van der Waals surface area contributed by atoms with E-state index in [1.165, 1.54) is 11.1 Å². The first-order chi connectivity index (χ1) is 20.8. The van der Waals surface area contributed by atoms with Crippen LogP contribution in [0.1, 0.15) is 39.8 Å². The average molecular weight is 595 g/mol. The van der Waals surface area contributed by atoms with Crippen LogP contribution in [0.25, 0.3) is 10.1 Å². The Balaban J connectivity index is 1.39. The molecule has 0 saturated heterocycles. The molecule has 0 unspecified atom stereocenters. The molecule has 222 valence electrons. The lowest BCUT2D eigenvalue weighted by Crippen LogP contribution is -2.35. The second-order valence-corrected chi connectivity index (χ2v) is 12.0. The summed E-state index contributed by atoms with van der Waals surface area (Å²) in [7, 11) is 0. The molecule has 0 saturated carbocycles. The number of aryl methyl sites for hydroxylation is 2. The van der Waals surface area contributed by atoms with Gasteiger partial charge in [0.2, 0.25) is 0 Å². The zero-order chi connectivity index (χ0) is 30.2. The van der Waals surface area contributed by atoms with Gasteiger partial charge in [-0.3, -0.25) is 9.69 Å². The molecule has 0 aliphatic carbocycles. The Morgan fingerprint density at radius 2 is 1.47 bits per heavy atom. The second-order valence-electron chi connectivity index (χ2n) is 11.0. The highest BCUT2D eigenvalue weighted by Crippen LogP contribution is 2.32. The van der Waals surface area contributed by atoms with Crippen LogP contribution in [0.4, 0.5) is 0 Å². The Hall–Kier alpha value is -4.17. The van der Waals surface area contributed by atoms with Crippen LogP contribution in [-0.2, 0) is 31.1 Å². The van der Waals surface area contributed by atoms with E-state index in [0.717, 1.165) is 43.8 Å².